The van der Waals surface area contributed by atoms with Gasteiger partial charge in [-0.2, -0.15) is 0 Å². The molecule has 1 N–H and O–H groups in total. The first-order valence-corrected chi connectivity index (χ1v) is 8.24. The molecule has 0 aromatic heterocycles. The van der Waals surface area contributed by atoms with Crippen molar-refractivity contribution < 1.29 is 18.3 Å². The van der Waals surface area contributed by atoms with E-state index >= 15 is 0 Å². The van der Waals surface area contributed by atoms with Crippen molar-refractivity contribution in [2.45, 2.75) is 19.1 Å². The Balaban J connectivity index is 0.00000243. The Kier molecular flexibility index (Phi) is 6.94. The summed E-state index contributed by atoms with van der Waals surface area (Å²) in [5, 5.41) is 3.22. The van der Waals surface area contributed by atoms with Crippen LogP contribution in [0.1, 0.15) is 18.5 Å². The van der Waals surface area contributed by atoms with Crippen LogP contribution in [0.5, 0.6) is 5.75 Å². The van der Waals surface area contributed by atoms with Crippen LogP contribution in [0.3, 0.4) is 0 Å². The number of para-hydroxylation sites is 1. The van der Waals surface area contributed by atoms with Gasteiger partial charge in [-0.15, -0.1) is 12.4 Å². The van der Waals surface area contributed by atoms with E-state index in [1.165, 1.54) is 24.3 Å². The van der Waals surface area contributed by atoms with Crippen LogP contribution in [0.2, 0.25) is 0 Å². The van der Waals surface area contributed by atoms with Crippen LogP contribution in [0, 0.1) is 11.6 Å². The van der Waals surface area contributed by atoms with E-state index in [0.717, 1.165) is 5.56 Å². The molecule has 2 atom stereocenters. The molecular formula is C19H21ClF2N2O2. The van der Waals surface area contributed by atoms with Crippen molar-refractivity contribution in [3.8, 4) is 5.75 Å². The van der Waals surface area contributed by atoms with Gasteiger partial charge in [-0.25, -0.2) is 8.78 Å². The first-order chi connectivity index (χ1) is 12.1. The average molecular weight is 383 g/mol. The van der Waals surface area contributed by atoms with Crippen LogP contribution in [0.4, 0.5) is 8.78 Å². The van der Waals surface area contributed by atoms with Crippen LogP contribution in [-0.2, 0) is 4.79 Å². The minimum absolute atomic E-state index is 0. The standard InChI is InChI=1S/C19H20F2N2O2.ClH/c1-13(25-18-8-3-2-7-16(18)21)19(24)23-10-9-22-12-17(23)14-5-4-6-15(20)11-14;/h2-8,11,13,17,22H,9-10,12H2,1H3;1H. The van der Waals surface area contributed by atoms with Crippen LogP contribution in [0.15, 0.2) is 48.5 Å². The Morgan fingerprint density at radius 3 is 2.73 bits per heavy atom. The molecule has 3 rings (SSSR count). The van der Waals surface area contributed by atoms with E-state index in [4.69, 9.17) is 4.74 Å². The molecule has 4 nitrogen and oxygen atoms in total. The van der Waals surface area contributed by atoms with Gasteiger partial charge in [-0.3, -0.25) is 4.79 Å². The summed E-state index contributed by atoms with van der Waals surface area (Å²) in [6.07, 6.45) is -0.842. The minimum atomic E-state index is -0.842. The monoisotopic (exact) mass is 382 g/mol. The number of carbonyl (C=O) groups excluding carboxylic acids is 1. The van der Waals surface area contributed by atoms with Gasteiger partial charge >= 0.3 is 0 Å². The second-order valence-electron chi connectivity index (χ2n) is 6.00. The topological polar surface area (TPSA) is 41.6 Å². The maximum Gasteiger partial charge on any atom is 0.263 e. The molecule has 0 radical (unpaired) electrons. The number of ether oxygens (including phenoxy) is 1. The molecule has 0 aliphatic carbocycles. The lowest BCUT2D eigenvalue weighted by molar-refractivity contribution is -0.141. The SMILES string of the molecule is CC(Oc1ccccc1F)C(=O)N1CCNCC1c1cccc(F)c1.Cl. The van der Waals surface area contributed by atoms with E-state index < -0.39 is 11.9 Å². The molecule has 2 aromatic rings. The molecule has 2 aromatic carbocycles. The van der Waals surface area contributed by atoms with Crippen molar-refractivity contribution in [2.75, 3.05) is 19.6 Å². The van der Waals surface area contributed by atoms with Crippen LogP contribution < -0.4 is 10.1 Å². The maximum absolute atomic E-state index is 13.7. The molecule has 1 aliphatic heterocycles. The number of benzene rings is 2. The number of amides is 1. The summed E-state index contributed by atoms with van der Waals surface area (Å²) in [5.41, 5.74) is 0.721. The summed E-state index contributed by atoms with van der Waals surface area (Å²) in [7, 11) is 0. The zero-order valence-corrected chi connectivity index (χ0v) is 15.1. The number of rotatable bonds is 4. The van der Waals surface area contributed by atoms with Gasteiger partial charge < -0.3 is 15.0 Å². The Bertz CT molecular complexity index is 760. The number of hydrogen-bond acceptors (Lipinski definition) is 3. The average Bonchev–Trinajstić information content (AvgIpc) is 2.63. The van der Waals surface area contributed by atoms with Gasteiger partial charge in [0.2, 0.25) is 0 Å². The van der Waals surface area contributed by atoms with E-state index in [9.17, 15) is 13.6 Å². The molecule has 0 bridgehead atoms. The zero-order chi connectivity index (χ0) is 17.8. The third kappa shape index (κ3) is 4.51. The largest absolute Gasteiger partial charge is 0.478 e. The summed E-state index contributed by atoms with van der Waals surface area (Å²) in [6, 6.07) is 11.9. The summed E-state index contributed by atoms with van der Waals surface area (Å²) < 4.78 is 32.8. The zero-order valence-electron chi connectivity index (χ0n) is 14.3. The number of piperazine rings is 1. The molecule has 7 heteroatoms. The van der Waals surface area contributed by atoms with Crippen LogP contribution >= 0.6 is 12.4 Å². The van der Waals surface area contributed by atoms with E-state index in [-0.39, 0.29) is 35.9 Å². The highest BCUT2D eigenvalue weighted by Crippen LogP contribution is 2.25. The van der Waals surface area contributed by atoms with Crippen molar-refractivity contribution in [3.05, 3.63) is 65.7 Å². The van der Waals surface area contributed by atoms with E-state index in [0.29, 0.717) is 19.6 Å². The number of nitrogens with one attached hydrogen (secondary N) is 1. The third-order valence-corrected chi connectivity index (χ3v) is 4.25. The Labute approximate surface area is 157 Å². The lowest BCUT2D eigenvalue weighted by Gasteiger charge is -2.38. The highest BCUT2D eigenvalue weighted by Gasteiger charge is 2.32. The summed E-state index contributed by atoms with van der Waals surface area (Å²) in [5.74, 6) is -1.06. The first kappa shape index (κ1) is 20.1. The second kappa shape index (κ2) is 8.96. The normalized spacial score (nSPS) is 18.0. The van der Waals surface area contributed by atoms with E-state index in [1.54, 1.807) is 36.1 Å². The molecule has 1 fully saturated rings. The molecule has 2 unspecified atom stereocenters. The van der Waals surface area contributed by atoms with Gasteiger partial charge in [0.25, 0.3) is 5.91 Å². The molecule has 140 valence electrons. The number of carbonyl (C=O) groups is 1. The molecule has 0 saturated carbocycles. The van der Waals surface area contributed by atoms with Crippen LogP contribution in [0.25, 0.3) is 0 Å². The lowest BCUT2D eigenvalue weighted by atomic mass is 10.0. The fourth-order valence-corrected chi connectivity index (χ4v) is 2.99. The van der Waals surface area contributed by atoms with Crippen molar-refractivity contribution in [3.63, 3.8) is 0 Å². The summed E-state index contributed by atoms with van der Waals surface area (Å²) >= 11 is 0. The lowest BCUT2D eigenvalue weighted by Crippen LogP contribution is -2.52. The van der Waals surface area contributed by atoms with E-state index in [1.807, 2.05) is 0 Å². The highest BCUT2D eigenvalue weighted by atomic mass is 35.5. The summed E-state index contributed by atoms with van der Waals surface area (Å²) in [4.78, 5) is 14.5. The van der Waals surface area contributed by atoms with Crippen molar-refractivity contribution in [1.29, 1.82) is 0 Å². The molecule has 1 aliphatic rings. The van der Waals surface area contributed by atoms with Crippen LogP contribution in [-0.4, -0.2) is 36.5 Å². The first-order valence-electron chi connectivity index (χ1n) is 8.24. The van der Waals surface area contributed by atoms with Gasteiger partial charge in [0.15, 0.2) is 17.7 Å². The van der Waals surface area contributed by atoms with Crippen molar-refractivity contribution in [2.24, 2.45) is 0 Å². The number of nitrogens with zero attached hydrogens (tertiary/aromatic N) is 1. The number of halogens is 3. The Hall–Kier alpha value is -2.18. The quantitative estimate of drug-likeness (QED) is 0.882. The van der Waals surface area contributed by atoms with Gasteiger partial charge in [0.05, 0.1) is 6.04 Å². The van der Waals surface area contributed by atoms with Gasteiger partial charge in [0.1, 0.15) is 5.82 Å². The van der Waals surface area contributed by atoms with Gasteiger partial charge in [-0.1, -0.05) is 24.3 Å². The van der Waals surface area contributed by atoms with Gasteiger partial charge in [-0.05, 0) is 36.8 Å². The molecule has 1 amide bonds. The highest BCUT2D eigenvalue weighted by molar-refractivity contribution is 5.85. The van der Waals surface area contributed by atoms with Gasteiger partial charge in [0, 0.05) is 19.6 Å². The molecular weight excluding hydrogens is 362 g/mol. The fraction of sp³-hybridized carbons (Fsp3) is 0.316. The minimum Gasteiger partial charge on any atom is -0.478 e. The predicted octanol–water partition coefficient (Wildman–Crippen LogP) is 3.33. The Morgan fingerprint density at radius 1 is 1.23 bits per heavy atom. The summed E-state index contributed by atoms with van der Waals surface area (Å²) in [6.45, 7) is 3.25. The van der Waals surface area contributed by atoms with Crippen molar-refractivity contribution in [1.82, 2.24) is 10.2 Å². The second-order valence-corrected chi connectivity index (χ2v) is 6.00. The molecule has 1 heterocycles. The third-order valence-electron chi connectivity index (χ3n) is 4.25. The maximum atomic E-state index is 13.7. The molecule has 26 heavy (non-hydrogen) atoms. The molecule has 1 saturated heterocycles. The smallest absolute Gasteiger partial charge is 0.263 e. The van der Waals surface area contributed by atoms with Crippen molar-refractivity contribution >= 4 is 18.3 Å². The number of hydrogen-bond donors (Lipinski definition) is 1. The fourth-order valence-electron chi connectivity index (χ4n) is 2.99. The molecule has 0 spiro atoms. The van der Waals surface area contributed by atoms with E-state index in [2.05, 4.69) is 5.32 Å². The Morgan fingerprint density at radius 2 is 2.00 bits per heavy atom. The predicted molar refractivity (Wildman–Crippen MR) is 97.5 cm³/mol.